The Bertz CT molecular complexity index is 423. The average molecular weight is 186 g/mol. The third-order valence-corrected chi connectivity index (χ3v) is 1.82. The van der Waals surface area contributed by atoms with E-state index in [1.54, 1.807) is 12.3 Å². The van der Waals surface area contributed by atoms with Crippen molar-refractivity contribution in [1.82, 2.24) is 10.1 Å². The molecule has 3 aromatic rings. The lowest BCUT2D eigenvalue weighted by molar-refractivity contribution is 0.420. The second-order valence-electron chi connectivity index (χ2n) is 2.77. The summed E-state index contributed by atoms with van der Waals surface area (Å²) in [5.41, 5.74) is 0. The van der Waals surface area contributed by atoms with Crippen LogP contribution in [0, 0.1) is 0 Å². The lowest BCUT2D eigenvalue weighted by atomic mass is 10.2. The molecule has 3 rings (SSSR count). The number of nitrogens with one attached hydrogen (secondary N) is 1. The molecular weight excluding hydrogens is 176 g/mol. The molecular formula is C11H10N2O. The Morgan fingerprint density at radius 1 is 1.00 bits per heavy atom. The van der Waals surface area contributed by atoms with Gasteiger partial charge in [-0.1, -0.05) is 29.4 Å². The van der Waals surface area contributed by atoms with Crippen molar-refractivity contribution in [3.05, 3.63) is 55.2 Å². The standard InChI is InChI=1S/C8H7N.C3H3NO/c1-2-4-8-6-9-5-7(8)3-1;1-2-4-5-3-1/h1-6,9H;1-3H. The summed E-state index contributed by atoms with van der Waals surface area (Å²) in [6.07, 6.45) is 7.09. The van der Waals surface area contributed by atoms with Crippen LogP contribution in [0.2, 0.25) is 0 Å². The normalized spacial score (nSPS) is 9.43. The summed E-state index contributed by atoms with van der Waals surface area (Å²) >= 11 is 0. The fraction of sp³-hybridized carbons (Fsp3) is 0. The first-order valence-corrected chi connectivity index (χ1v) is 4.33. The summed E-state index contributed by atoms with van der Waals surface area (Å²) in [6.45, 7) is 0. The molecule has 14 heavy (non-hydrogen) atoms. The molecule has 3 nitrogen and oxygen atoms in total. The van der Waals surface area contributed by atoms with Gasteiger partial charge in [-0.25, -0.2) is 0 Å². The van der Waals surface area contributed by atoms with Crippen LogP contribution in [0.15, 0.2) is 59.7 Å². The molecule has 0 aliphatic rings. The van der Waals surface area contributed by atoms with Crippen LogP contribution in [0.3, 0.4) is 0 Å². The topological polar surface area (TPSA) is 41.8 Å². The highest BCUT2D eigenvalue weighted by Gasteiger charge is 1.86. The number of nitrogens with zero attached hydrogens (tertiary/aromatic N) is 1. The first-order valence-electron chi connectivity index (χ1n) is 4.33. The van der Waals surface area contributed by atoms with E-state index in [4.69, 9.17) is 0 Å². The van der Waals surface area contributed by atoms with E-state index in [9.17, 15) is 0 Å². The number of aromatic nitrogens is 2. The highest BCUT2D eigenvalue weighted by atomic mass is 16.5. The van der Waals surface area contributed by atoms with Crippen molar-refractivity contribution in [3.8, 4) is 0 Å². The van der Waals surface area contributed by atoms with Gasteiger partial charge in [-0.3, -0.25) is 0 Å². The summed E-state index contributed by atoms with van der Waals surface area (Å²) in [6, 6.07) is 9.98. The largest absolute Gasteiger partial charge is 0.366 e. The number of H-pyrrole nitrogens is 1. The van der Waals surface area contributed by atoms with Crippen LogP contribution in [-0.2, 0) is 0 Å². The lowest BCUT2D eigenvalue weighted by Crippen LogP contribution is -1.57. The predicted octanol–water partition coefficient (Wildman–Crippen LogP) is 2.84. The van der Waals surface area contributed by atoms with Gasteiger partial charge in [-0.2, -0.15) is 0 Å². The molecule has 0 saturated carbocycles. The summed E-state index contributed by atoms with van der Waals surface area (Å²) in [7, 11) is 0. The summed E-state index contributed by atoms with van der Waals surface area (Å²) in [5, 5.41) is 5.90. The van der Waals surface area contributed by atoms with E-state index in [1.165, 1.54) is 17.0 Å². The van der Waals surface area contributed by atoms with Crippen molar-refractivity contribution >= 4 is 10.8 Å². The van der Waals surface area contributed by atoms with Crippen LogP contribution in [0.5, 0.6) is 0 Å². The van der Waals surface area contributed by atoms with Crippen molar-refractivity contribution in [3.63, 3.8) is 0 Å². The van der Waals surface area contributed by atoms with Crippen LogP contribution in [0.1, 0.15) is 0 Å². The minimum absolute atomic E-state index is 1.28. The molecule has 0 bridgehead atoms. The molecule has 1 aromatic carbocycles. The second kappa shape index (κ2) is 4.28. The molecule has 70 valence electrons. The Hall–Kier alpha value is -2.03. The zero-order chi connectivity index (χ0) is 9.64. The zero-order valence-electron chi connectivity index (χ0n) is 7.55. The van der Waals surface area contributed by atoms with Gasteiger partial charge in [0.2, 0.25) is 0 Å². The molecule has 0 radical (unpaired) electrons. The van der Waals surface area contributed by atoms with E-state index in [0.29, 0.717) is 0 Å². The Kier molecular flexibility index (Phi) is 2.62. The van der Waals surface area contributed by atoms with Crippen molar-refractivity contribution in [1.29, 1.82) is 0 Å². The van der Waals surface area contributed by atoms with Gasteiger partial charge in [0.15, 0.2) is 0 Å². The fourth-order valence-electron chi connectivity index (χ4n) is 1.17. The number of aromatic amines is 1. The number of benzene rings is 1. The highest BCUT2D eigenvalue weighted by molar-refractivity contribution is 5.81. The summed E-state index contributed by atoms with van der Waals surface area (Å²) in [4.78, 5) is 3.04. The maximum Gasteiger partial charge on any atom is 0.123 e. The summed E-state index contributed by atoms with van der Waals surface area (Å²) in [5.74, 6) is 0. The van der Waals surface area contributed by atoms with E-state index in [0.717, 1.165) is 0 Å². The maximum atomic E-state index is 4.33. The minimum atomic E-state index is 1.28. The van der Waals surface area contributed by atoms with E-state index >= 15 is 0 Å². The van der Waals surface area contributed by atoms with Crippen LogP contribution < -0.4 is 0 Å². The monoisotopic (exact) mass is 186 g/mol. The van der Waals surface area contributed by atoms with Crippen LogP contribution in [0.25, 0.3) is 10.8 Å². The first-order chi connectivity index (χ1) is 6.97. The highest BCUT2D eigenvalue weighted by Crippen LogP contribution is 2.10. The van der Waals surface area contributed by atoms with Crippen molar-refractivity contribution in [2.75, 3.05) is 0 Å². The minimum Gasteiger partial charge on any atom is -0.366 e. The maximum absolute atomic E-state index is 4.33. The Balaban J connectivity index is 0.000000128. The molecule has 0 fully saturated rings. The molecule has 0 unspecified atom stereocenters. The molecule has 0 aliphatic carbocycles. The molecule has 0 saturated heterocycles. The second-order valence-corrected chi connectivity index (χ2v) is 2.77. The molecule has 0 aliphatic heterocycles. The Morgan fingerprint density at radius 3 is 2.14 bits per heavy atom. The number of fused-ring (bicyclic) bond motifs is 1. The SMILES string of the molecule is c1ccc2c[nH]cc2c1.c1cnoc1. The first kappa shape index (κ1) is 8.56. The van der Waals surface area contributed by atoms with Crippen LogP contribution in [-0.4, -0.2) is 10.1 Å². The fourth-order valence-corrected chi connectivity index (χ4v) is 1.17. The molecule has 2 heterocycles. The number of rotatable bonds is 0. The third-order valence-electron chi connectivity index (χ3n) is 1.82. The zero-order valence-corrected chi connectivity index (χ0v) is 7.55. The van der Waals surface area contributed by atoms with Crippen LogP contribution >= 0.6 is 0 Å². The molecule has 0 amide bonds. The van der Waals surface area contributed by atoms with Gasteiger partial charge >= 0.3 is 0 Å². The van der Waals surface area contributed by atoms with E-state index in [2.05, 4.69) is 26.8 Å². The van der Waals surface area contributed by atoms with Gasteiger partial charge in [0.1, 0.15) is 6.26 Å². The van der Waals surface area contributed by atoms with Gasteiger partial charge in [-0.05, 0) is 16.8 Å². The number of hydrogen-bond donors (Lipinski definition) is 1. The Labute approximate surface area is 81.4 Å². The molecule has 1 N–H and O–H groups in total. The van der Waals surface area contributed by atoms with E-state index < -0.39 is 0 Å². The third kappa shape index (κ3) is 2.01. The van der Waals surface area contributed by atoms with E-state index in [-0.39, 0.29) is 0 Å². The van der Waals surface area contributed by atoms with Gasteiger partial charge in [0.25, 0.3) is 0 Å². The number of hydrogen-bond acceptors (Lipinski definition) is 2. The quantitative estimate of drug-likeness (QED) is 0.586. The Morgan fingerprint density at radius 2 is 1.71 bits per heavy atom. The van der Waals surface area contributed by atoms with Crippen molar-refractivity contribution in [2.24, 2.45) is 0 Å². The molecule has 0 spiro atoms. The van der Waals surface area contributed by atoms with Gasteiger partial charge in [0, 0.05) is 12.4 Å². The lowest BCUT2D eigenvalue weighted by Gasteiger charge is -1.81. The van der Waals surface area contributed by atoms with Gasteiger partial charge in [-0.15, -0.1) is 0 Å². The predicted molar refractivity (Wildman–Crippen MR) is 54.8 cm³/mol. The van der Waals surface area contributed by atoms with Crippen LogP contribution in [0.4, 0.5) is 0 Å². The molecule has 3 heteroatoms. The van der Waals surface area contributed by atoms with E-state index in [1.807, 2.05) is 24.5 Å². The molecule has 0 atom stereocenters. The van der Waals surface area contributed by atoms with Gasteiger partial charge in [0.05, 0.1) is 6.20 Å². The molecule has 2 aromatic heterocycles. The van der Waals surface area contributed by atoms with Crippen molar-refractivity contribution in [2.45, 2.75) is 0 Å². The summed E-state index contributed by atoms with van der Waals surface area (Å²) < 4.78 is 4.33. The smallest absolute Gasteiger partial charge is 0.123 e. The van der Waals surface area contributed by atoms with Gasteiger partial charge < -0.3 is 9.51 Å². The average Bonchev–Trinajstić information content (AvgIpc) is 2.92. The van der Waals surface area contributed by atoms with Crippen molar-refractivity contribution < 1.29 is 4.52 Å².